The van der Waals surface area contributed by atoms with Gasteiger partial charge in [-0.15, -0.1) is 0 Å². The maximum Gasteiger partial charge on any atom is 0.451 e. The number of hydrogen-bond donors (Lipinski definition) is 1. The number of hydrogen-bond acceptors (Lipinski definition) is 6. The van der Waals surface area contributed by atoms with Crippen molar-refractivity contribution in [2.45, 2.75) is 16.0 Å². The first-order valence-corrected chi connectivity index (χ1v) is 13.6. The molecule has 0 aliphatic carbocycles. The largest absolute Gasteiger partial charge is 0.451 e. The molecule has 0 unspecified atom stereocenters. The van der Waals surface area contributed by atoms with Crippen molar-refractivity contribution in [3.63, 3.8) is 0 Å². The summed E-state index contributed by atoms with van der Waals surface area (Å²) >= 11 is 0. The van der Waals surface area contributed by atoms with Crippen LogP contribution in [-0.2, 0) is 26.1 Å². The minimum absolute atomic E-state index is 0.0465. The van der Waals surface area contributed by atoms with Crippen LogP contribution in [-0.4, -0.2) is 37.6 Å². The Hall–Kier alpha value is -3.68. The summed E-state index contributed by atoms with van der Waals surface area (Å²) < 4.78 is 114. The van der Waals surface area contributed by atoms with Gasteiger partial charge in [0.05, 0.1) is 16.3 Å². The first-order valence-electron chi connectivity index (χ1n) is 10.3. The Labute approximate surface area is 209 Å². The molecule has 0 bridgehead atoms. The standard InChI is InChI=1S/C24H16F4N2O5S2/c1-36(31,32)17-10-7-15(8-11-17)21-20(14-5-3-2-4-6-14)22(30-23(29-21)24(26,27)28)18-13-16(25)9-12-19(18)37(33,34)35/h2-13H,1H3,(H,33,34,35). The zero-order chi connectivity index (χ0) is 27.2. The summed E-state index contributed by atoms with van der Waals surface area (Å²) in [6.07, 6.45) is -4.14. The molecular weight excluding hydrogens is 536 g/mol. The van der Waals surface area contributed by atoms with Crippen molar-refractivity contribution in [3.8, 4) is 33.6 Å². The van der Waals surface area contributed by atoms with Gasteiger partial charge in [0.25, 0.3) is 10.1 Å². The van der Waals surface area contributed by atoms with E-state index in [9.17, 15) is 39.0 Å². The molecule has 1 N–H and O–H groups in total. The predicted octanol–water partition coefficient (Wildman–Crippen LogP) is 5.29. The SMILES string of the molecule is CS(=O)(=O)c1ccc(-c2nc(C(F)(F)F)nc(-c3cc(F)ccc3S(=O)(=O)O)c2-c2ccccc2)cc1. The summed E-state index contributed by atoms with van der Waals surface area (Å²) in [4.78, 5) is 6.31. The van der Waals surface area contributed by atoms with Gasteiger partial charge in [-0.25, -0.2) is 22.8 Å². The Balaban J connectivity index is 2.19. The van der Waals surface area contributed by atoms with Crippen molar-refractivity contribution in [2.75, 3.05) is 6.26 Å². The maximum atomic E-state index is 14.3. The highest BCUT2D eigenvalue weighted by Gasteiger charge is 2.37. The van der Waals surface area contributed by atoms with Crippen LogP contribution in [0.15, 0.2) is 82.6 Å². The highest BCUT2D eigenvalue weighted by Crippen LogP contribution is 2.42. The monoisotopic (exact) mass is 552 g/mol. The summed E-state index contributed by atoms with van der Waals surface area (Å²) in [7, 11) is -8.64. The summed E-state index contributed by atoms with van der Waals surface area (Å²) in [6, 6.07) is 14.7. The van der Waals surface area contributed by atoms with Gasteiger partial charge in [0.15, 0.2) is 9.84 Å². The molecule has 0 spiro atoms. The molecule has 0 saturated heterocycles. The lowest BCUT2D eigenvalue weighted by molar-refractivity contribution is -0.144. The smallest absolute Gasteiger partial charge is 0.282 e. The lowest BCUT2D eigenvalue weighted by atomic mass is 9.94. The zero-order valence-electron chi connectivity index (χ0n) is 18.7. The Kier molecular flexibility index (Phi) is 6.65. The molecule has 0 aliphatic rings. The van der Waals surface area contributed by atoms with Crippen LogP contribution in [0.4, 0.5) is 17.6 Å². The summed E-state index contributed by atoms with van der Waals surface area (Å²) in [5, 5.41) is 0. The van der Waals surface area contributed by atoms with E-state index < -0.39 is 53.9 Å². The number of alkyl halides is 3. The van der Waals surface area contributed by atoms with Crippen molar-refractivity contribution in [3.05, 3.63) is 84.4 Å². The van der Waals surface area contributed by atoms with Gasteiger partial charge in [-0.2, -0.15) is 21.6 Å². The summed E-state index contributed by atoms with van der Waals surface area (Å²) in [5.74, 6) is -2.65. The molecule has 3 aromatic carbocycles. The van der Waals surface area contributed by atoms with Gasteiger partial charge in [-0.05, 0) is 35.9 Å². The minimum Gasteiger partial charge on any atom is -0.282 e. The van der Waals surface area contributed by atoms with E-state index in [1.807, 2.05) is 0 Å². The van der Waals surface area contributed by atoms with Crippen LogP contribution in [0.3, 0.4) is 0 Å². The molecule has 0 fully saturated rings. The lowest BCUT2D eigenvalue weighted by Gasteiger charge is -2.18. The zero-order valence-corrected chi connectivity index (χ0v) is 20.4. The number of rotatable bonds is 5. The van der Waals surface area contributed by atoms with Crippen molar-refractivity contribution < 1.29 is 39.0 Å². The van der Waals surface area contributed by atoms with Gasteiger partial charge in [0.2, 0.25) is 5.82 Å². The summed E-state index contributed by atoms with van der Waals surface area (Å²) in [5.41, 5.74) is -1.36. The van der Waals surface area contributed by atoms with E-state index in [2.05, 4.69) is 9.97 Å². The quantitative estimate of drug-likeness (QED) is 0.264. The maximum absolute atomic E-state index is 14.3. The van der Waals surface area contributed by atoms with E-state index in [4.69, 9.17) is 0 Å². The average molecular weight is 553 g/mol. The predicted molar refractivity (Wildman–Crippen MR) is 126 cm³/mol. The Morgan fingerprint density at radius 1 is 0.784 bits per heavy atom. The average Bonchev–Trinajstić information content (AvgIpc) is 2.82. The fourth-order valence-electron chi connectivity index (χ4n) is 3.64. The molecule has 1 aromatic heterocycles. The third kappa shape index (κ3) is 5.53. The van der Waals surface area contributed by atoms with Crippen molar-refractivity contribution in [2.24, 2.45) is 0 Å². The fraction of sp³-hybridized carbons (Fsp3) is 0.0833. The van der Waals surface area contributed by atoms with Crippen LogP contribution in [0.2, 0.25) is 0 Å². The van der Waals surface area contributed by atoms with Crippen LogP contribution in [0.25, 0.3) is 33.6 Å². The van der Waals surface area contributed by atoms with Gasteiger partial charge in [-0.3, -0.25) is 4.55 Å². The first-order chi connectivity index (χ1) is 17.2. The summed E-state index contributed by atoms with van der Waals surface area (Å²) in [6.45, 7) is 0. The highest BCUT2D eigenvalue weighted by atomic mass is 32.2. The third-order valence-electron chi connectivity index (χ3n) is 5.26. The Morgan fingerprint density at radius 2 is 1.38 bits per heavy atom. The number of benzene rings is 3. The minimum atomic E-state index is -5.10. The third-order valence-corrected chi connectivity index (χ3v) is 7.30. The van der Waals surface area contributed by atoms with Crippen molar-refractivity contribution >= 4 is 20.0 Å². The topological polar surface area (TPSA) is 114 Å². The molecule has 7 nitrogen and oxygen atoms in total. The van der Waals surface area contributed by atoms with E-state index in [0.29, 0.717) is 12.1 Å². The first kappa shape index (κ1) is 26.4. The fourth-order valence-corrected chi connectivity index (χ4v) is 4.95. The normalized spacial score (nSPS) is 12.5. The highest BCUT2D eigenvalue weighted by molar-refractivity contribution is 7.90. The molecule has 4 rings (SSSR count). The molecular formula is C24H16F4N2O5S2. The van der Waals surface area contributed by atoms with Crippen LogP contribution < -0.4 is 0 Å². The second-order valence-electron chi connectivity index (χ2n) is 7.90. The second-order valence-corrected chi connectivity index (χ2v) is 11.3. The molecule has 13 heteroatoms. The van der Waals surface area contributed by atoms with Crippen LogP contribution >= 0.6 is 0 Å². The van der Waals surface area contributed by atoms with Crippen molar-refractivity contribution in [1.82, 2.24) is 9.97 Å². The van der Waals surface area contributed by atoms with E-state index in [-0.39, 0.29) is 27.3 Å². The van der Waals surface area contributed by atoms with Gasteiger partial charge in [0, 0.05) is 22.9 Å². The molecule has 0 saturated carbocycles. The molecule has 0 amide bonds. The molecule has 37 heavy (non-hydrogen) atoms. The van der Waals surface area contributed by atoms with Gasteiger partial charge in [0.1, 0.15) is 10.7 Å². The Morgan fingerprint density at radius 3 is 1.92 bits per heavy atom. The number of sulfone groups is 1. The Bertz CT molecular complexity index is 1710. The van der Waals surface area contributed by atoms with E-state index in [1.54, 1.807) is 18.2 Å². The lowest BCUT2D eigenvalue weighted by Crippen LogP contribution is -2.14. The molecule has 0 radical (unpaired) electrons. The molecule has 4 aromatic rings. The van der Waals surface area contributed by atoms with Crippen LogP contribution in [0.1, 0.15) is 5.82 Å². The van der Waals surface area contributed by atoms with Gasteiger partial charge in [-0.1, -0.05) is 42.5 Å². The van der Waals surface area contributed by atoms with Gasteiger partial charge >= 0.3 is 6.18 Å². The second kappa shape index (κ2) is 9.32. The van der Waals surface area contributed by atoms with E-state index >= 15 is 0 Å². The van der Waals surface area contributed by atoms with E-state index in [1.165, 1.54) is 36.4 Å². The number of halogens is 4. The number of aromatic nitrogens is 2. The van der Waals surface area contributed by atoms with Crippen molar-refractivity contribution in [1.29, 1.82) is 0 Å². The van der Waals surface area contributed by atoms with Crippen LogP contribution in [0, 0.1) is 5.82 Å². The molecule has 0 aliphatic heterocycles. The van der Waals surface area contributed by atoms with Crippen LogP contribution in [0.5, 0.6) is 0 Å². The molecule has 0 atom stereocenters. The number of nitrogens with zero attached hydrogens (tertiary/aromatic N) is 2. The van der Waals surface area contributed by atoms with E-state index in [0.717, 1.165) is 12.3 Å². The molecule has 192 valence electrons. The molecule has 1 heterocycles. The van der Waals surface area contributed by atoms with Gasteiger partial charge < -0.3 is 0 Å².